The molecule has 0 amide bonds. The van der Waals surface area contributed by atoms with Gasteiger partial charge in [-0.15, -0.1) is 0 Å². The Kier molecular flexibility index (Phi) is 6.28. The minimum Gasteiger partial charge on any atom is -0.309 e. The maximum Gasteiger partial charge on any atom is 0.0547 e. The van der Waals surface area contributed by atoms with E-state index in [2.05, 4.69) is 203 Å². The Balaban J connectivity index is 1.19. The van der Waals surface area contributed by atoms with E-state index >= 15 is 0 Å². The van der Waals surface area contributed by atoms with E-state index in [0.717, 1.165) is 5.69 Å². The van der Waals surface area contributed by atoms with Crippen molar-refractivity contribution in [3.8, 4) is 33.6 Å². The van der Waals surface area contributed by atoms with Crippen molar-refractivity contribution in [3.63, 3.8) is 0 Å². The molecule has 11 rings (SSSR count). The largest absolute Gasteiger partial charge is 0.309 e. The van der Waals surface area contributed by atoms with E-state index in [0.29, 0.717) is 0 Å². The second-order valence-corrected chi connectivity index (χ2v) is 13.7. The van der Waals surface area contributed by atoms with Gasteiger partial charge in [0, 0.05) is 32.6 Å². The molecule has 2 heteroatoms. The van der Waals surface area contributed by atoms with Crippen molar-refractivity contribution in [1.82, 2.24) is 9.13 Å². The number of fused-ring (bicyclic) bond motifs is 9. The Morgan fingerprint density at radius 3 is 1.44 bits per heavy atom. The Hall–Kier alpha value is -6.90. The van der Waals surface area contributed by atoms with Crippen molar-refractivity contribution in [1.29, 1.82) is 0 Å². The molecule has 0 saturated heterocycles. The SMILES string of the molecule is c1ccc(-c2ccc(-n3c4ccccc4c4c(-c5cccc6c5c5ccccc5n6-c5cc6ccccc6c6ccccc56)cccc43)cc2)cc1. The molecule has 0 fully saturated rings. The molecular weight excluding hydrogens is 629 g/mol. The van der Waals surface area contributed by atoms with Gasteiger partial charge in [0.1, 0.15) is 0 Å². The third-order valence-corrected chi connectivity index (χ3v) is 10.9. The number of para-hydroxylation sites is 2. The predicted molar refractivity (Wildman–Crippen MR) is 221 cm³/mol. The molecule has 0 N–H and O–H groups in total. The summed E-state index contributed by atoms with van der Waals surface area (Å²) in [5.41, 5.74) is 12.1. The summed E-state index contributed by atoms with van der Waals surface area (Å²) < 4.78 is 4.91. The first kappa shape index (κ1) is 28.9. The number of rotatable bonds is 4. The minimum atomic E-state index is 1.15. The summed E-state index contributed by atoms with van der Waals surface area (Å²) in [5, 5.41) is 10.1. The first-order chi connectivity index (χ1) is 25.8. The molecule has 52 heavy (non-hydrogen) atoms. The van der Waals surface area contributed by atoms with E-state index in [-0.39, 0.29) is 0 Å². The van der Waals surface area contributed by atoms with Crippen molar-refractivity contribution in [2.75, 3.05) is 0 Å². The van der Waals surface area contributed by atoms with Crippen LogP contribution in [0.1, 0.15) is 0 Å². The summed E-state index contributed by atoms with van der Waals surface area (Å²) in [7, 11) is 0. The van der Waals surface area contributed by atoms with Crippen molar-refractivity contribution in [2.24, 2.45) is 0 Å². The average molecular weight is 661 g/mol. The third kappa shape index (κ3) is 4.19. The molecule has 0 aliphatic carbocycles. The molecule has 242 valence electrons. The van der Waals surface area contributed by atoms with Crippen molar-refractivity contribution in [3.05, 3.63) is 194 Å². The van der Waals surface area contributed by atoms with Crippen LogP contribution in [0.5, 0.6) is 0 Å². The first-order valence-electron chi connectivity index (χ1n) is 17.9. The molecule has 9 aromatic carbocycles. The molecule has 11 aromatic rings. The summed E-state index contributed by atoms with van der Waals surface area (Å²) in [6, 6.07) is 70.9. The first-order valence-corrected chi connectivity index (χ1v) is 17.9. The van der Waals surface area contributed by atoms with Gasteiger partial charge < -0.3 is 9.13 Å². The van der Waals surface area contributed by atoms with Gasteiger partial charge in [-0.25, -0.2) is 0 Å². The zero-order valence-electron chi connectivity index (χ0n) is 28.4. The quantitative estimate of drug-likeness (QED) is 0.166. The molecule has 0 unspecified atom stereocenters. The van der Waals surface area contributed by atoms with Crippen LogP contribution < -0.4 is 0 Å². The van der Waals surface area contributed by atoms with Crippen LogP contribution in [0, 0.1) is 0 Å². The van der Waals surface area contributed by atoms with E-state index < -0.39 is 0 Å². The highest BCUT2D eigenvalue weighted by Crippen LogP contribution is 2.45. The van der Waals surface area contributed by atoms with Crippen LogP contribution in [-0.2, 0) is 0 Å². The molecule has 2 heterocycles. The lowest BCUT2D eigenvalue weighted by molar-refractivity contribution is 1.18. The summed E-state index contributed by atoms with van der Waals surface area (Å²) >= 11 is 0. The third-order valence-electron chi connectivity index (χ3n) is 10.9. The van der Waals surface area contributed by atoms with Gasteiger partial charge in [0.05, 0.1) is 27.8 Å². The molecule has 0 aliphatic heterocycles. The van der Waals surface area contributed by atoms with Gasteiger partial charge in [-0.3, -0.25) is 0 Å². The fourth-order valence-corrected chi connectivity index (χ4v) is 8.68. The van der Waals surface area contributed by atoms with E-state index in [9.17, 15) is 0 Å². The maximum atomic E-state index is 2.49. The van der Waals surface area contributed by atoms with E-state index in [1.807, 2.05) is 0 Å². The number of nitrogens with zero attached hydrogens (tertiary/aromatic N) is 2. The Morgan fingerprint density at radius 2 is 0.769 bits per heavy atom. The van der Waals surface area contributed by atoms with Crippen LogP contribution in [0.2, 0.25) is 0 Å². The van der Waals surface area contributed by atoms with Gasteiger partial charge in [-0.1, -0.05) is 152 Å². The van der Waals surface area contributed by atoms with E-state index in [1.54, 1.807) is 0 Å². The summed E-state index contributed by atoms with van der Waals surface area (Å²) in [4.78, 5) is 0. The Labute approximate surface area is 301 Å². The highest BCUT2D eigenvalue weighted by Gasteiger charge is 2.21. The van der Waals surface area contributed by atoms with Crippen LogP contribution in [-0.4, -0.2) is 9.13 Å². The second kappa shape index (κ2) is 11.3. The zero-order valence-corrected chi connectivity index (χ0v) is 28.4. The smallest absolute Gasteiger partial charge is 0.0547 e. The van der Waals surface area contributed by atoms with Crippen LogP contribution in [0.3, 0.4) is 0 Å². The van der Waals surface area contributed by atoms with Gasteiger partial charge in [0.25, 0.3) is 0 Å². The highest BCUT2D eigenvalue weighted by atomic mass is 15.0. The lowest BCUT2D eigenvalue weighted by Gasteiger charge is -2.14. The highest BCUT2D eigenvalue weighted by molar-refractivity contribution is 6.23. The van der Waals surface area contributed by atoms with Crippen molar-refractivity contribution < 1.29 is 0 Å². The molecule has 0 bridgehead atoms. The number of aromatic nitrogens is 2. The molecule has 0 radical (unpaired) electrons. The van der Waals surface area contributed by atoms with Crippen LogP contribution in [0.15, 0.2) is 194 Å². The van der Waals surface area contributed by atoms with E-state index in [4.69, 9.17) is 0 Å². The molecule has 0 atom stereocenters. The van der Waals surface area contributed by atoms with Gasteiger partial charge in [-0.05, 0) is 80.9 Å². The molecule has 2 nitrogen and oxygen atoms in total. The monoisotopic (exact) mass is 660 g/mol. The summed E-state index contributed by atoms with van der Waals surface area (Å²) in [6.07, 6.45) is 0. The summed E-state index contributed by atoms with van der Waals surface area (Å²) in [6.45, 7) is 0. The fraction of sp³-hybridized carbons (Fsp3) is 0. The summed E-state index contributed by atoms with van der Waals surface area (Å²) in [5.74, 6) is 0. The Morgan fingerprint density at radius 1 is 0.288 bits per heavy atom. The maximum absolute atomic E-state index is 2.49. The topological polar surface area (TPSA) is 9.86 Å². The molecule has 2 aromatic heterocycles. The van der Waals surface area contributed by atoms with Gasteiger partial charge in [0.2, 0.25) is 0 Å². The Bertz CT molecular complexity index is 3160. The number of hydrogen-bond acceptors (Lipinski definition) is 0. The van der Waals surface area contributed by atoms with E-state index in [1.165, 1.54) is 93.1 Å². The van der Waals surface area contributed by atoms with Crippen molar-refractivity contribution in [2.45, 2.75) is 0 Å². The molecule has 0 aliphatic rings. The van der Waals surface area contributed by atoms with Crippen LogP contribution >= 0.6 is 0 Å². The standard InChI is InChI=1S/C50H32N2/c1-2-14-33(15-3-1)34-28-30-36(31-29-34)51-44-24-10-8-20-42(44)49-40(22-12-26-46(49)51)41-23-13-27-47-50(41)43-21-9-11-25-45(43)52(47)48-32-35-16-4-5-17-37(35)38-18-6-7-19-39(38)48/h1-32H. The zero-order chi connectivity index (χ0) is 34.2. The molecule has 0 spiro atoms. The van der Waals surface area contributed by atoms with Gasteiger partial charge in [-0.2, -0.15) is 0 Å². The van der Waals surface area contributed by atoms with Gasteiger partial charge in [0.15, 0.2) is 0 Å². The van der Waals surface area contributed by atoms with Crippen molar-refractivity contribution >= 4 is 65.2 Å². The number of benzene rings is 9. The lowest BCUT2D eigenvalue weighted by atomic mass is 9.95. The molecular formula is C50H32N2. The minimum absolute atomic E-state index is 1.15. The normalized spacial score (nSPS) is 11.8. The predicted octanol–water partition coefficient (Wildman–Crippen LogP) is 13.5. The second-order valence-electron chi connectivity index (χ2n) is 13.7. The lowest BCUT2D eigenvalue weighted by Crippen LogP contribution is -1.96. The van der Waals surface area contributed by atoms with Crippen LogP contribution in [0.25, 0.3) is 98.8 Å². The van der Waals surface area contributed by atoms with Crippen LogP contribution in [0.4, 0.5) is 0 Å². The van der Waals surface area contributed by atoms with Gasteiger partial charge >= 0.3 is 0 Å². The molecule has 0 saturated carbocycles. The number of hydrogen-bond donors (Lipinski definition) is 0. The average Bonchev–Trinajstić information content (AvgIpc) is 3.74. The fourth-order valence-electron chi connectivity index (χ4n) is 8.68.